The standard InChI is InChI=1S/C13H22N4O/c1-18-9-6-14-12-10-13(16-11-15-12)17-7-4-2-3-5-8-17/h10-11H,2-9H2,1H3,(H,14,15,16). The van der Waals surface area contributed by atoms with Crippen molar-refractivity contribution < 1.29 is 4.74 Å². The Morgan fingerprint density at radius 3 is 2.72 bits per heavy atom. The van der Waals surface area contributed by atoms with Gasteiger partial charge in [0.15, 0.2) is 0 Å². The van der Waals surface area contributed by atoms with Crippen LogP contribution >= 0.6 is 0 Å². The number of rotatable bonds is 5. The molecule has 0 radical (unpaired) electrons. The van der Waals surface area contributed by atoms with Crippen LogP contribution in [0.5, 0.6) is 0 Å². The first-order chi connectivity index (χ1) is 8.90. The molecule has 100 valence electrons. The summed E-state index contributed by atoms with van der Waals surface area (Å²) in [6.45, 7) is 3.67. The molecule has 0 atom stereocenters. The third-order valence-corrected chi connectivity index (χ3v) is 3.20. The molecular weight excluding hydrogens is 228 g/mol. The molecular formula is C13H22N4O. The Balaban J connectivity index is 1.96. The molecule has 1 aliphatic rings. The maximum atomic E-state index is 5.01. The summed E-state index contributed by atoms with van der Waals surface area (Å²) in [6.07, 6.45) is 6.82. The predicted molar refractivity (Wildman–Crippen MR) is 73.1 cm³/mol. The number of anilines is 2. The van der Waals surface area contributed by atoms with Gasteiger partial charge in [0.25, 0.3) is 0 Å². The molecule has 5 heteroatoms. The fourth-order valence-electron chi connectivity index (χ4n) is 2.20. The minimum Gasteiger partial charge on any atom is -0.383 e. The lowest BCUT2D eigenvalue weighted by atomic mass is 10.2. The van der Waals surface area contributed by atoms with Crippen LogP contribution in [0.1, 0.15) is 25.7 Å². The zero-order chi connectivity index (χ0) is 12.6. The molecule has 1 aromatic heterocycles. The molecule has 0 amide bonds. The van der Waals surface area contributed by atoms with Crippen molar-refractivity contribution in [2.75, 3.05) is 43.6 Å². The lowest BCUT2D eigenvalue weighted by Crippen LogP contribution is -2.25. The van der Waals surface area contributed by atoms with Gasteiger partial charge in [-0.2, -0.15) is 0 Å². The van der Waals surface area contributed by atoms with E-state index < -0.39 is 0 Å². The number of ether oxygens (including phenoxy) is 1. The molecule has 0 spiro atoms. The van der Waals surface area contributed by atoms with E-state index in [0.29, 0.717) is 6.61 Å². The molecule has 0 unspecified atom stereocenters. The van der Waals surface area contributed by atoms with E-state index in [-0.39, 0.29) is 0 Å². The number of hydrogen-bond acceptors (Lipinski definition) is 5. The molecule has 1 N–H and O–H groups in total. The van der Waals surface area contributed by atoms with Crippen LogP contribution < -0.4 is 10.2 Å². The topological polar surface area (TPSA) is 50.3 Å². The van der Waals surface area contributed by atoms with Crippen molar-refractivity contribution in [2.45, 2.75) is 25.7 Å². The molecule has 1 aliphatic heterocycles. The first kappa shape index (κ1) is 13.1. The molecule has 2 rings (SSSR count). The van der Waals surface area contributed by atoms with Gasteiger partial charge in [-0.3, -0.25) is 0 Å². The van der Waals surface area contributed by atoms with Crippen LogP contribution in [0.25, 0.3) is 0 Å². The van der Waals surface area contributed by atoms with E-state index in [1.165, 1.54) is 25.7 Å². The summed E-state index contributed by atoms with van der Waals surface area (Å²) in [6, 6.07) is 2.03. The van der Waals surface area contributed by atoms with Crippen molar-refractivity contribution in [2.24, 2.45) is 0 Å². The van der Waals surface area contributed by atoms with Gasteiger partial charge in [-0.15, -0.1) is 0 Å². The van der Waals surface area contributed by atoms with Crippen LogP contribution in [-0.4, -0.2) is 43.3 Å². The zero-order valence-electron chi connectivity index (χ0n) is 11.1. The van der Waals surface area contributed by atoms with E-state index in [0.717, 1.165) is 31.3 Å². The number of nitrogens with zero attached hydrogens (tertiary/aromatic N) is 3. The largest absolute Gasteiger partial charge is 0.383 e. The Morgan fingerprint density at radius 1 is 1.22 bits per heavy atom. The van der Waals surface area contributed by atoms with Gasteiger partial charge in [0, 0.05) is 32.8 Å². The van der Waals surface area contributed by atoms with Gasteiger partial charge in [-0.1, -0.05) is 12.8 Å². The Kier molecular flexibility index (Phi) is 5.20. The average molecular weight is 250 g/mol. The highest BCUT2D eigenvalue weighted by molar-refractivity contribution is 5.48. The quantitative estimate of drug-likeness (QED) is 0.809. The fourth-order valence-corrected chi connectivity index (χ4v) is 2.20. The van der Waals surface area contributed by atoms with Gasteiger partial charge < -0.3 is 15.0 Å². The van der Waals surface area contributed by atoms with Crippen molar-refractivity contribution >= 4 is 11.6 Å². The van der Waals surface area contributed by atoms with Crippen molar-refractivity contribution in [3.05, 3.63) is 12.4 Å². The maximum absolute atomic E-state index is 5.01. The third-order valence-electron chi connectivity index (χ3n) is 3.20. The summed E-state index contributed by atoms with van der Waals surface area (Å²) in [7, 11) is 1.70. The molecule has 0 bridgehead atoms. The average Bonchev–Trinajstić information content (AvgIpc) is 2.68. The lowest BCUT2D eigenvalue weighted by molar-refractivity contribution is 0.210. The van der Waals surface area contributed by atoms with Gasteiger partial charge >= 0.3 is 0 Å². The molecule has 1 saturated heterocycles. The first-order valence-electron chi connectivity index (χ1n) is 6.70. The second-order valence-corrected chi connectivity index (χ2v) is 4.58. The van der Waals surface area contributed by atoms with Gasteiger partial charge in [-0.25, -0.2) is 9.97 Å². The van der Waals surface area contributed by atoms with Crippen molar-refractivity contribution in [3.8, 4) is 0 Å². The zero-order valence-corrected chi connectivity index (χ0v) is 11.1. The molecule has 1 aromatic rings. The Hall–Kier alpha value is -1.36. The Labute approximate surface area is 109 Å². The molecule has 0 aromatic carbocycles. The predicted octanol–water partition coefficient (Wildman–Crippen LogP) is 1.92. The van der Waals surface area contributed by atoms with Crippen LogP contribution in [0.15, 0.2) is 12.4 Å². The summed E-state index contributed by atoms with van der Waals surface area (Å²) in [5.41, 5.74) is 0. The van der Waals surface area contributed by atoms with E-state index in [1.807, 2.05) is 6.07 Å². The Bertz CT molecular complexity index is 351. The highest BCUT2D eigenvalue weighted by atomic mass is 16.5. The molecule has 0 saturated carbocycles. The molecule has 0 aliphatic carbocycles. The van der Waals surface area contributed by atoms with Crippen molar-refractivity contribution in [1.82, 2.24) is 9.97 Å². The van der Waals surface area contributed by atoms with E-state index in [4.69, 9.17) is 4.74 Å². The van der Waals surface area contributed by atoms with Crippen LogP contribution in [-0.2, 0) is 4.74 Å². The van der Waals surface area contributed by atoms with Crippen molar-refractivity contribution in [3.63, 3.8) is 0 Å². The van der Waals surface area contributed by atoms with Gasteiger partial charge in [0.2, 0.25) is 0 Å². The monoisotopic (exact) mass is 250 g/mol. The van der Waals surface area contributed by atoms with Crippen LogP contribution in [0.2, 0.25) is 0 Å². The summed E-state index contributed by atoms with van der Waals surface area (Å²) in [5.74, 6) is 1.91. The SMILES string of the molecule is COCCNc1cc(N2CCCCCC2)ncn1. The lowest BCUT2D eigenvalue weighted by Gasteiger charge is -2.21. The first-order valence-corrected chi connectivity index (χ1v) is 6.70. The van der Waals surface area contributed by atoms with Gasteiger partial charge in [0.1, 0.15) is 18.0 Å². The Morgan fingerprint density at radius 2 is 2.00 bits per heavy atom. The second kappa shape index (κ2) is 7.16. The smallest absolute Gasteiger partial charge is 0.134 e. The second-order valence-electron chi connectivity index (χ2n) is 4.58. The molecule has 5 nitrogen and oxygen atoms in total. The van der Waals surface area contributed by atoms with E-state index in [1.54, 1.807) is 13.4 Å². The molecule has 1 fully saturated rings. The summed E-state index contributed by atoms with van der Waals surface area (Å²) < 4.78 is 5.01. The summed E-state index contributed by atoms with van der Waals surface area (Å²) in [4.78, 5) is 11.0. The van der Waals surface area contributed by atoms with Crippen LogP contribution in [0.4, 0.5) is 11.6 Å². The normalized spacial score (nSPS) is 16.4. The number of aromatic nitrogens is 2. The highest BCUT2D eigenvalue weighted by Crippen LogP contribution is 2.18. The van der Waals surface area contributed by atoms with Gasteiger partial charge in [0.05, 0.1) is 6.61 Å². The fraction of sp³-hybridized carbons (Fsp3) is 0.692. The van der Waals surface area contributed by atoms with Gasteiger partial charge in [-0.05, 0) is 12.8 Å². The van der Waals surface area contributed by atoms with E-state index >= 15 is 0 Å². The van der Waals surface area contributed by atoms with Crippen LogP contribution in [0, 0.1) is 0 Å². The number of nitrogens with one attached hydrogen (secondary N) is 1. The van der Waals surface area contributed by atoms with Crippen molar-refractivity contribution in [1.29, 1.82) is 0 Å². The number of hydrogen-bond donors (Lipinski definition) is 1. The molecule has 2 heterocycles. The maximum Gasteiger partial charge on any atom is 0.134 e. The number of methoxy groups -OCH3 is 1. The highest BCUT2D eigenvalue weighted by Gasteiger charge is 2.11. The summed E-state index contributed by atoms with van der Waals surface area (Å²) >= 11 is 0. The minimum atomic E-state index is 0.684. The van der Waals surface area contributed by atoms with Crippen LogP contribution in [0.3, 0.4) is 0 Å². The molecule has 18 heavy (non-hydrogen) atoms. The summed E-state index contributed by atoms with van der Waals surface area (Å²) in [5, 5.41) is 3.24. The van der Waals surface area contributed by atoms with E-state index in [2.05, 4.69) is 20.2 Å². The third kappa shape index (κ3) is 3.84. The minimum absolute atomic E-state index is 0.684. The van der Waals surface area contributed by atoms with E-state index in [9.17, 15) is 0 Å².